The van der Waals surface area contributed by atoms with E-state index in [0.717, 1.165) is 34.3 Å². The summed E-state index contributed by atoms with van der Waals surface area (Å²) in [7, 11) is 0. The van der Waals surface area contributed by atoms with E-state index in [0.29, 0.717) is 10.6 Å². The van der Waals surface area contributed by atoms with Gasteiger partial charge in [0.15, 0.2) is 4.34 Å². The van der Waals surface area contributed by atoms with Crippen molar-refractivity contribution in [2.45, 2.75) is 30.1 Å². The van der Waals surface area contributed by atoms with Gasteiger partial charge in [-0.2, -0.15) is 0 Å². The highest BCUT2D eigenvalue weighted by molar-refractivity contribution is 8.01. The Morgan fingerprint density at radius 1 is 1.48 bits per heavy atom. The molecule has 0 aromatic carbocycles. The first-order chi connectivity index (χ1) is 11.0. The zero-order valence-electron chi connectivity index (χ0n) is 12.7. The van der Waals surface area contributed by atoms with Crippen LogP contribution in [0.2, 0.25) is 0 Å². The van der Waals surface area contributed by atoms with Crippen molar-refractivity contribution in [2.24, 2.45) is 5.73 Å². The number of hydrogen-bond donors (Lipinski definition) is 1. The molecule has 1 aliphatic rings. The second kappa shape index (κ2) is 7.02. The Balaban J connectivity index is 1.65. The molecule has 0 spiro atoms. The summed E-state index contributed by atoms with van der Waals surface area (Å²) in [4.78, 5) is 31.7. The highest BCUT2D eigenvalue weighted by atomic mass is 32.2. The summed E-state index contributed by atoms with van der Waals surface area (Å²) in [6.07, 6.45) is 1.92. The molecule has 1 aliphatic heterocycles. The van der Waals surface area contributed by atoms with E-state index in [1.807, 2.05) is 23.3 Å². The average molecular weight is 368 g/mol. The lowest BCUT2D eigenvalue weighted by atomic mass is 10.2. The minimum absolute atomic E-state index is 0.0687. The maximum Gasteiger partial charge on any atom is 0.258 e. The van der Waals surface area contributed by atoms with E-state index in [4.69, 9.17) is 5.73 Å². The van der Waals surface area contributed by atoms with Crippen LogP contribution in [0, 0.1) is 6.92 Å². The molecule has 3 rings (SSSR count). The third-order valence-electron chi connectivity index (χ3n) is 3.69. The molecular formula is C15H17N3O2S3. The van der Waals surface area contributed by atoms with E-state index in [2.05, 4.69) is 4.98 Å². The molecule has 0 aliphatic carbocycles. The van der Waals surface area contributed by atoms with Gasteiger partial charge >= 0.3 is 0 Å². The fourth-order valence-corrected chi connectivity index (χ4v) is 5.37. The molecule has 2 aromatic heterocycles. The normalized spacial score (nSPS) is 17.6. The zero-order valence-corrected chi connectivity index (χ0v) is 15.1. The van der Waals surface area contributed by atoms with Crippen LogP contribution in [0.3, 0.4) is 0 Å². The Morgan fingerprint density at radius 2 is 2.30 bits per heavy atom. The van der Waals surface area contributed by atoms with Crippen molar-refractivity contribution in [1.29, 1.82) is 0 Å². The van der Waals surface area contributed by atoms with Crippen LogP contribution in [-0.4, -0.2) is 34.0 Å². The van der Waals surface area contributed by atoms with E-state index in [1.165, 1.54) is 23.1 Å². The first-order valence-corrected chi connectivity index (χ1v) is 9.96. The van der Waals surface area contributed by atoms with Gasteiger partial charge in [-0.25, -0.2) is 4.98 Å². The second-order valence-corrected chi connectivity index (χ2v) is 8.55. The monoisotopic (exact) mass is 367 g/mol. The highest BCUT2D eigenvalue weighted by Gasteiger charge is 2.31. The zero-order chi connectivity index (χ0) is 16.4. The molecule has 23 heavy (non-hydrogen) atoms. The molecule has 2 N–H and O–H groups in total. The fraction of sp³-hybridized carbons (Fsp3) is 0.400. The summed E-state index contributed by atoms with van der Waals surface area (Å²) in [5.74, 6) is 0.114. The van der Waals surface area contributed by atoms with Crippen molar-refractivity contribution in [2.75, 3.05) is 12.3 Å². The summed E-state index contributed by atoms with van der Waals surface area (Å²) in [6, 6.07) is 3.73. The number of thiazole rings is 1. The predicted octanol–water partition coefficient (Wildman–Crippen LogP) is 3.07. The minimum Gasteiger partial charge on any atom is -0.365 e. The van der Waals surface area contributed by atoms with E-state index in [-0.39, 0.29) is 11.9 Å². The van der Waals surface area contributed by atoms with Crippen molar-refractivity contribution >= 4 is 46.2 Å². The fourth-order valence-electron chi connectivity index (χ4n) is 2.63. The van der Waals surface area contributed by atoms with Gasteiger partial charge in [-0.15, -0.1) is 22.7 Å². The number of nitrogens with two attached hydrogens (primary N) is 1. The van der Waals surface area contributed by atoms with Crippen molar-refractivity contribution in [1.82, 2.24) is 9.88 Å². The molecule has 0 saturated carbocycles. The van der Waals surface area contributed by atoms with E-state index in [9.17, 15) is 9.59 Å². The second-order valence-electron chi connectivity index (χ2n) is 5.35. The minimum atomic E-state index is -0.410. The van der Waals surface area contributed by atoms with Gasteiger partial charge in [0.2, 0.25) is 5.91 Å². The van der Waals surface area contributed by atoms with Crippen LogP contribution in [0.25, 0.3) is 0 Å². The molecule has 0 radical (unpaired) electrons. The lowest BCUT2D eigenvalue weighted by molar-refractivity contribution is -0.129. The van der Waals surface area contributed by atoms with Crippen LogP contribution in [-0.2, 0) is 4.79 Å². The quantitative estimate of drug-likeness (QED) is 0.824. The van der Waals surface area contributed by atoms with Crippen LogP contribution in [0.1, 0.15) is 39.1 Å². The number of hydrogen-bond acceptors (Lipinski definition) is 6. The predicted molar refractivity (Wildman–Crippen MR) is 94.1 cm³/mol. The number of amides is 2. The SMILES string of the molecule is Cc1csc(SCC(=O)N2CCC[C@@H]2c2ccc(C(N)=O)s2)n1. The standard InChI is InChI=1S/C15H17N3O2S3/c1-9-7-21-15(17-9)22-8-13(19)18-6-2-3-10(18)11-4-5-12(23-11)14(16)20/h4-5,7,10H,2-3,6,8H2,1H3,(H2,16,20)/t10-/m1/s1. The first-order valence-electron chi connectivity index (χ1n) is 7.28. The molecule has 0 bridgehead atoms. The molecule has 2 aromatic rings. The van der Waals surface area contributed by atoms with Crippen molar-refractivity contribution in [3.63, 3.8) is 0 Å². The van der Waals surface area contributed by atoms with Gasteiger partial charge in [-0.05, 0) is 31.9 Å². The molecule has 8 heteroatoms. The number of carbonyl (C=O) groups excluding carboxylic acids is 2. The van der Waals surface area contributed by atoms with Gasteiger partial charge in [-0.1, -0.05) is 11.8 Å². The first kappa shape index (κ1) is 16.5. The molecule has 3 heterocycles. The van der Waals surface area contributed by atoms with Crippen molar-refractivity contribution in [3.05, 3.63) is 33.0 Å². The maximum atomic E-state index is 12.5. The largest absolute Gasteiger partial charge is 0.365 e. The maximum absolute atomic E-state index is 12.5. The number of aromatic nitrogens is 1. The van der Waals surface area contributed by atoms with Crippen LogP contribution in [0.15, 0.2) is 21.9 Å². The number of carbonyl (C=O) groups is 2. The number of likely N-dealkylation sites (tertiary alicyclic amines) is 1. The molecular weight excluding hydrogens is 350 g/mol. The number of thiophene rings is 1. The molecule has 1 saturated heterocycles. The summed E-state index contributed by atoms with van der Waals surface area (Å²) in [5, 5.41) is 1.99. The summed E-state index contributed by atoms with van der Waals surface area (Å²) < 4.78 is 0.929. The molecule has 5 nitrogen and oxygen atoms in total. The van der Waals surface area contributed by atoms with E-state index >= 15 is 0 Å². The third-order valence-corrected chi connectivity index (χ3v) is 7.01. The van der Waals surface area contributed by atoms with Gasteiger partial charge in [-0.3, -0.25) is 9.59 Å². The van der Waals surface area contributed by atoms with Gasteiger partial charge in [0, 0.05) is 22.5 Å². The Kier molecular flexibility index (Phi) is 5.03. The molecule has 1 atom stereocenters. The van der Waals surface area contributed by atoms with Crippen LogP contribution in [0.5, 0.6) is 0 Å². The summed E-state index contributed by atoms with van der Waals surface area (Å²) in [6.45, 7) is 2.72. The van der Waals surface area contributed by atoms with Gasteiger partial charge in [0.25, 0.3) is 5.91 Å². The lowest BCUT2D eigenvalue weighted by Gasteiger charge is -2.23. The van der Waals surface area contributed by atoms with Crippen molar-refractivity contribution < 1.29 is 9.59 Å². The Morgan fingerprint density at radius 3 is 2.96 bits per heavy atom. The summed E-state index contributed by atoms with van der Waals surface area (Å²) in [5.41, 5.74) is 6.30. The molecule has 0 unspecified atom stereocenters. The Hall–Kier alpha value is -1.38. The lowest BCUT2D eigenvalue weighted by Crippen LogP contribution is -2.31. The van der Waals surface area contributed by atoms with Crippen LogP contribution < -0.4 is 5.73 Å². The smallest absolute Gasteiger partial charge is 0.258 e. The number of primary amides is 1. The van der Waals surface area contributed by atoms with Crippen LogP contribution in [0.4, 0.5) is 0 Å². The average Bonchev–Trinajstić information content (AvgIpc) is 3.24. The number of rotatable bonds is 5. The highest BCUT2D eigenvalue weighted by Crippen LogP contribution is 2.36. The Labute approximate surface area is 146 Å². The number of aryl methyl sites for hydroxylation is 1. The molecule has 2 amide bonds. The molecule has 122 valence electrons. The van der Waals surface area contributed by atoms with Gasteiger partial charge in [0.05, 0.1) is 16.7 Å². The Bertz CT molecular complexity index is 725. The number of thioether (sulfide) groups is 1. The summed E-state index contributed by atoms with van der Waals surface area (Å²) >= 11 is 4.45. The van der Waals surface area contributed by atoms with E-state index in [1.54, 1.807) is 17.4 Å². The van der Waals surface area contributed by atoms with Crippen molar-refractivity contribution in [3.8, 4) is 0 Å². The van der Waals surface area contributed by atoms with Gasteiger partial charge in [0.1, 0.15) is 0 Å². The third kappa shape index (κ3) is 3.76. The number of nitrogens with zero attached hydrogens (tertiary/aromatic N) is 2. The van der Waals surface area contributed by atoms with Crippen LogP contribution >= 0.6 is 34.4 Å². The molecule has 1 fully saturated rings. The topological polar surface area (TPSA) is 76.3 Å². The van der Waals surface area contributed by atoms with E-state index < -0.39 is 5.91 Å². The van der Waals surface area contributed by atoms with Gasteiger partial charge < -0.3 is 10.6 Å².